The molecule has 0 aromatic rings. The Balaban J connectivity index is 2.26. The van der Waals surface area contributed by atoms with Gasteiger partial charge in [0.05, 0.1) is 0 Å². The van der Waals surface area contributed by atoms with Crippen molar-refractivity contribution in [3.8, 4) is 0 Å². The quantitative estimate of drug-likeness (QED) is 0.348. The molecule has 0 radical (unpaired) electrons. The van der Waals surface area contributed by atoms with E-state index in [-0.39, 0.29) is 12.0 Å². The summed E-state index contributed by atoms with van der Waals surface area (Å²) in [7, 11) is 0. The second-order valence-electron chi connectivity index (χ2n) is 4.05. The van der Waals surface area contributed by atoms with Gasteiger partial charge in [-0.05, 0) is 25.7 Å². The molecule has 1 saturated heterocycles. The van der Waals surface area contributed by atoms with Crippen LogP contribution in [0.5, 0.6) is 0 Å². The maximum atomic E-state index is 11.4. The lowest BCUT2D eigenvalue weighted by Crippen LogP contribution is -2.39. The number of ether oxygens (including phenoxy) is 1. The van der Waals surface area contributed by atoms with Crippen molar-refractivity contribution in [3.63, 3.8) is 0 Å². The molecule has 0 aromatic heterocycles. The van der Waals surface area contributed by atoms with Crippen LogP contribution >= 0.6 is 0 Å². The highest BCUT2D eigenvalue weighted by Crippen LogP contribution is 2.48. The predicted molar refractivity (Wildman–Crippen MR) is 46.4 cm³/mol. The van der Waals surface area contributed by atoms with E-state index in [1.807, 2.05) is 6.92 Å². The van der Waals surface area contributed by atoms with Crippen LogP contribution in [0.2, 0.25) is 0 Å². The van der Waals surface area contributed by atoms with Crippen molar-refractivity contribution < 1.29 is 19.1 Å². The van der Waals surface area contributed by atoms with E-state index in [1.165, 1.54) is 0 Å². The average molecular weight is 196 g/mol. The first-order valence-electron chi connectivity index (χ1n) is 4.84. The Hall–Kier alpha value is -1.19. The van der Waals surface area contributed by atoms with Crippen molar-refractivity contribution in [3.05, 3.63) is 0 Å². The van der Waals surface area contributed by atoms with Crippen molar-refractivity contribution in [2.45, 2.75) is 32.8 Å². The molecule has 14 heavy (non-hydrogen) atoms. The summed E-state index contributed by atoms with van der Waals surface area (Å²) in [5.41, 5.74) is -1.38. The van der Waals surface area contributed by atoms with Crippen molar-refractivity contribution in [2.75, 3.05) is 0 Å². The lowest BCUT2D eigenvalue weighted by molar-refractivity contribution is -0.168. The highest BCUT2D eigenvalue weighted by molar-refractivity contribution is 6.69. The summed E-state index contributed by atoms with van der Waals surface area (Å²) in [6, 6.07) is 0. The highest BCUT2D eigenvalue weighted by Gasteiger charge is 2.74. The first-order valence-corrected chi connectivity index (χ1v) is 4.84. The van der Waals surface area contributed by atoms with E-state index in [9.17, 15) is 14.4 Å². The van der Waals surface area contributed by atoms with Crippen LogP contribution in [0.4, 0.5) is 0 Å². The van der Waals surface area contributed by atoms with Gasteiger partial charge in [0.25, 0.3) is 0 Å². The molecule has 1 spiro atoms. The Kier molecular flexibility index (Phi) is 1.77. The molecule has 4 nitrogen and oxygen atoms in total. The number of rotatable bonds is 1. The number of esters is 1. The Labute approximate surface area is 81.6 Å². The molecule has 1 heterocycles. The molecule has 1 unspecified atom stereocenters. The number of ketones is 2. The Morgan fingerprint density at radius 1 is 1.36 bits per heavy atom. The molecule has 4 heteroatoms. The van der Waals surface area contributed by atoms with Gasteiger partial charge in [-0.25, -0.2) is 0 Å². The zero-order chi connectivity index (χ0) is 10.5. The van der Waals surface area contributed by atoms with Gasteiger partial charge in [-0.15, -0.1) is 0 Å². The van der Waals surface area contributed by atoms with Gasteiger partial charge in [0.1, 0.15) is 6.10 Å². The van der Waals surface area contributed by atoms with E-state index < -0.39 is 23.0 Å². The summed E-state index contributed by atoms with van der Waals surface area (Å²) in [6.45, 7) is 3.77. The first kappa shape index (κ1) is 9.37. The molecule has 2 fully saturated rings. The number of hydrogen-bond donors (Lipinski definition) is 0. The lowest BCUT2D eigenvalue weighted by atomic mass is 9.84. The molecule has 2 rings (SSSR count). The van der Waals surface area contributed by atoms with E-state index in [0.29, 0.717) is 6.42 Å². The minimum atomic E-state index is -1.38. The summed E-state index contributed by atoms with van der Waals surface area (Å²) in [6.07, 6.45) is 0.983. The molecule has 76 valence electrons. The first-order chi connectivity index (χ1) is 6.54. The van der Waals surface area contributed by atoms with E-state index >= 15 is 0 Å². The van der Waals surface area contributed by atoms with E-state index in [2.05, 4.69) is 0 Å². The third-order valence-electron chi connectivity index (χ3n) is 3.32. The van der Waals surface area contributed by atoms with Crippen LogP contribution in [0.15, 0.2) is 0 Å². The zero-order valence-electron chi connectivity index (χ0n) is 8.20. The van der Waals surface area contributed by atoms with Crippen LogP contribution in [-0.2, 0) is 19.1 Å². The maximum absolute atomic E-state index is 11.4. The monoisotopic (exact) mass is 196 g/mol. The second-order valence-corrected chi connectivity index (χ2v) is 4.05. The summed E-state index contributed by atoms with van der Waals surface area (Å²) >= 11 is 0. The number of Topliss-reactive ketones (excluding diaryl/α,β-unsaturated/α-hetero) is 2. The fraction of sp³-hybridized carbons (Fsp3) is 0.700. The zero-order valence-corrected chi connectivity index (χ0v) is 8.20. The SMILES string of the molecule is CCC1CC2(C(=O)O[C@@H]1C)C(=O)C2=O. The number of hydrogen-bond acceptors (Lipinski definition) is 4. The smallest absolute Gasteiger partial charge is 0.328 e. The summed E-state index contributed by atoms with van der Waals surface area (Å²) in [5, 5.41) is 0. The molecule has 2 atom stereocenters. The largest absolute Gasteiger partial charge is 0.461 e. The average Bonchev–Trinajstić information content (AvgIpc) is 2.65. The fourth-order valence-electron chi connectivity index (χ4n) is 2.13. The molecule has 1 aliphatic carbocycles. The third-order valence-corrected chi connectivity index (χ3v) is 3.32. The molecule has 2 aliphatic rings. The van der Waals surface area contributed by atoms with E-state index in [0.717, 1.165) is 6.42 Å². The van der Waals surface area contributed by atoms with Crippen molar-refractivity contribution >= 4 is 17.5 Å². The number of carbonyl (C=O) groups excluding carboxylic acids is 3. The molecule has 0 N–H and O–H groups in total. The van der Waals surface area contributed by atoms with Gasteiger partial charge >= 0.3 is 5.97 Å². The number of carbonyl (C=O) groups is 3. The van der Waals surface area contributed by atoms with Crippen LogP contribution in [-0.4, -0.2) is 23.6 Å². The van der Waals surface area contributed by atoms with Crippen molar-refractivity contribution in [2.24, 2.45) is 11.3 Å². The van der Waals surface area contributed by atoms with Gasteiger partial charge < -0.3 is 4.74 Å². The predicted octanol–water partition coefficient (Wildman–Crippen LogP) is 0.486. The van der Waals surface area contributed by atoms with Gasteiger partial charge in [0.2, 0.25) is 11.6 Å². The summed E-state index contributed by atoms with van der Waals surface area (Å²) < 4.78 is 5.03. The Bertz CT molecular complexity index is 317. The fourth-order valence-corrected chi connectivity index (χ4v) is 2.13. The standard InChI is InChI=1S/C10H12O4/c1-3-6-4-10(7(11)8(10)12)9(13)14-5(6)2/h5-6H,3-4H2,1-2H3/t5-,6?/m1/s1. The molecular weight excluding hydrogens is 184 g/mol. The van der Waals surface area contributed by atoms with Gasteiger partial charge in [-0.2, -0.15) is 0 Å². The van der Waals surface area contributed by atoms with Gasteiger partial charge in [0, 0.05) is 0 Å². The van der Waals surface area contributed by atoms with Crippen LogP contribution in [0.3, 0.4) is 0 Å². The molecule has 0 aromatic carbocycles. The molecule has 1 saturated carbocycles. The molecule has 0 amide bonds. The van der Waals surface area contributed by atoms with Gasteiger partial charge in [0.15, 0.2) is 5.41 Å². The van der Waals surface area contributed by atoms with Crippen molar-refractivity contribution in [1.82, 2.24) is 0 Å². The highest BCUT2D eigenvalue weighted by atomic mass is 16.5. The maximum Gasteiger partial charge on any atom is 0.328 e. The van der Waals surface area contributed by atoms with Crippen molar-refractivity contribution in [1.29, 1.82) is 0 Å². The van der Waals surface area contributed by atoms with Crippen LogP contribution in [0, 0.1) is 11.3 Å². The molecular formula is C10H12O4. The Morgan fingerprint density at radius 3 is 2.36 bits per heavy atom. The molecule has 0 bridgehead atoms. The second kappa shape index (κ2) is 2.65. The van der Waals surface area contributed by atoms with Crippen LogP contribution < -0.4 is 0 Å². The van der Waals surface area contributed by atoms with Crippen LogP contribution in [0.1, 0.15) is 26.7 Å². The Morgan fingerprint density at radius 2 is 1.93 bits per heavy atom. The minimum Gasteiger partial charge on any atom is -0.461 e. The van der Waals surface area contributed by atoms with Crippen LogP contribution in [0.25, 0.3) is 0 Å². The van der Waals surface area contributed by atoms with Gasteiger partial charge in [-0.1, -0.05) is 6.92 Å². The summed E-state index contributed by atoms with van der Waals surface area (Å²) in [5.74, 6) is -1.63. The summed E-state index contributed by atoms with van der Waals surface area (Å²) in [4.78, 5) is 33.7. The third kappa shape index (κ3) is 0.910. The van der Waals surface area contributed by atoms with E-state index in [1.54, 1.807) is 6.92 Å². The minimum absolute atomic E-state index is 0.128. The molecule has 1 aliphatic heterocycles. The number of cyclic esters (lactones) is 1. The van der Waals surface area contributed by atoms with Gasteiger partial charge in [-0.3, -0.25) is 14.4 Å². The van der Waals surface area contributed by atoms with E-state index in [4.69, 9.17) is 4.74 Å². The lowest BCUT2D eigenvalue weighted by Gasteiger charge is -2.30. The normalized spacial score (nSPS) is 34.6. The topological polar surface area (TPSA) is 60.4 Å².